The fourth-order valence-corrected chi connectivity index (χ4v) is 2.27. The van der Waals surface area contributed by atoms with E-state index in [4.69, 9.17) is 4.52 Å². The maximum Gasteiger partial charge on any atom is 0.251 e. The number of aryl methyl sites for hydroxylation is 3. The third-order valence-corrected chi connectivity index (χ3v) is 3.39. The molecule has 2 heterocycles. The summed E-state index contributed by atoms with van der Waals surface area (Å²) >= 11 is 0. The molecule has 0 aliphatic heterocycles. The van der Waals surface area contributed by atoms with Crippen molar-refractivity contribution in [2.75, 3.05) is 6.54 Å². The van der Waals surface area contributed by atoms with Gasteiger partial charge < -0.3 is 14.8 Å². The first kappa shape index (κ1) is 15.9. The Kier molecular flexibility index (Phi) is 5.08. The zero-order valence-electron chi connectivity index (χ0n) is 13.0. The van der Waals surface area contributed by atoms with Gasteiger partial charge in [0.15, 0.2) is 0 Å². The van der Waals surface area contributed by atoms with Crippen LogP contribution in [0, 0.1) is 20.8 Å². The third-order valence-electron chi connectivity index (χ3n) is 3.39. The van der Waals surface area contributed by atoms with Gasteiger partial charge in [0.1, 0.15) is 11.6 Å². The number of nitrogens with zero attached hydrogens (tertiary/aromatic N) is 2. The second-order valence-electron chi connectivity index (χ2n) is 5.24. The first-order valence-electron chi connectivity index (χ1n) is 7.21. The minimum absolute atomic E-state index is 0.0463. The number of amides is 1. The number of carbonyl (C=O) groups is 1. The fraction of sp³-hybridized carbons (Fsp3) is 0.467. The molecule has 22 heavy (non-hydrogen) atoms. The molecule has 2 rings (SSSR count). The molecule has 0 radical (unpaired) electrons. The Hall–Kier alpha value is -2.44. The average Bonchev–Trinajstić information content (AvgIpc) is 2.75. The van der Waals surface area contributed by atoms with E-state index in [0.29, 0.717) is 37.3 Å². The van der Waals surface area contributed by atoms with Gasteiger partial charge in [0.2, 0.25) is 5.91 Å². The van der Waals surface area contributed by atoms with Crippen molar-refractivity contribution in [3.05, 3.63) is 45.0 Å². The molecule has 0 saturated heterocycles. The molecule has 1 amide bonds. The van der Waals surface area contributed by atoms with Gasteiger partial charge in [0.05, 0.1) is 5.69 Å². The zero-order valence-corrected chi connectivity index (χ0v) is 13.0. The SMILES string of the molecule is Cc1cc(=O)[nH]c(CCNC(=O)CCc2c(C)noc2C)n1. The van der Waals surface area contributed by atoms with Crippen molar-refractivity contribution in [2.45, 2.75) is 40.0 Å². The summed E-state index contributed by atoms with van der Waals surface area (Å²) in [6.45, 7) is 5.91. The van der Waals surface area contributed by atoms with Crippen LogP contribution < -0.4 is 10.9 Å². The van der Waals surface area contributed by atoms with Crippen molar-refractivity contribution in [1.82, 2.24) is 20.4 Å². The number of nitrogens with one attached hydrogen (secondary N) is 2. The second-order valence-corrected chi connectivity index (χ2v) is 5.24. The molecule has 118 valence electrons. The van der Waals surface area contributed by atoms with Gasteiger partial charge in [-0.2, -0.15) is 0 Å². The lowest BCUT2D eigenvalue weighted by atomic mass is 10.1. The molecule has 0 aliphatic rings. The molecule has 0 atom stereocenters. The lowest BCUT2D eigenvalue weighted by Gasteiger charge is -2.05. The smallest absolute Gasteiger partial charge is 0.251 e. The van der Waals surface area contributed by atoms with E-state index in [-0.39, 0.29) is 11.5 Å². The van der Waals surface area contributed by atoms with Crippen molar-refractivity contribution in [2.24, 2.45) is 0 Å². The Balaban J connectivity index is 1.77. The van der Waals surface area contributed by atoms with Crippen LogP contribution in [0.1, 0.15) is 35.0 Å². The summed E-state index contributed by atoms with van der Waals surface area (Å²) in [7, 11) is 0. The molecule has 7 heteroatoms. The van der Waals surface area contributed by atoms with Crippen LogP contribution in [0.3, 0.4) is 0 Å². The van der Waals surface area contributed by atoms with E-state index in [1.54, 1.807) is 6.92 Å². The molecular formula is C15H20N4O3. The largest absolute Gasteiger partial charge is 0.361 e. The molecule has 2 aromatic heterocycles. The summed E-state index contributed by atoms with van der Waals surface area (Å²) in [4.78, 5) is 30.0. The predicted molar refractivity (Wildman–Crippen MR) is 80.6 cm³/mol. The van der Waals surface area contributed by atoms with Crippen molar-refractivity contribution in [1.29, 1.82) is 0 Å². The Morgan fingerprint density at radius 3 is 2.73 bits per heavy atom. The van der Waals surface area contributed by atoms with Crippen LogP contribution in [-0.2, 0) is 17.6 Å². The van der Waals surface area contributed by atoms with E-state index in [1.807, 2.05) is 13.8 Å². The van der Waals surface area contributed by atoms with E-state index in [2.05, 4.69) is 20.4 Å². The van der Waals surface area contributed by atoms with Gasteiger partial charge in [0, 0.05) is 36.7 Å². The number of hydrogen-bond acceptors (Lipinski definition) is 5. The summed E-state index contributed by atoms with van der Waals surface area (Å²) in [6, 6.07) is 1.44. The lowest BCUT2D eigenvalue weighted by Crippen LogP contribution is -2.27. The van der Waals surface area contributed by atoms with Gasteiger partial charge in [-0.25, -0.2) is 4.98 Å². The van der Waals surface area contributed by atoms with Crippen LogP contribution in [0.2, 0.25) is 0 Å². The summed E-state index contributed by atoms with van der Waals surface area (Å²) in [6.07, 6.45) is 1.47. The minimum atomic E-state index is -0.174. The van der Waals surface area contributed by atoms with Crippen molar-refractivity contribution < 1.29 is 9.32 Å². The Bertz CT molecular complexity index is 698. The van der Waals surface area contributed by atoms with E-state index in [0.717, 1.165) is 17.0 Å². The van der Waals surface area contributed by atoms with E-state index < -0.39 is 0 Å². The lowest BCUT2D eigenvalue weighted by molar-refractivity contribution is -0.121. The Morgan fingerprint density at radius 2 is 2.09 bits per heavy atom. The second kappa shape index (κ2) is 7.02. The normalized spacial score (nSPS) is 10.7. The highest BCUT2D eigenvalue weighted by molar-refractivity contribution is 5.76. The van der Waals surface area contributed by atoms with Crippen molar-refractivity contribution in [3.63, 3.8) is 0 Å². The molecule has 0 spiro atoms. The number of hydrogen-bond donors (Lipinski definition) is 2. The van der Waals surface area contributed by atoms with Crippen LogP contribution in [0.4, 0.5) is 0 Å². The molecule has 0 unspecified atom stereocenters. The van der Waals surface area contributed by atoms with Crippen LogP contribution >= 0.6 is 0 Å². The highest BCUT2D eigenvalue weighted by atomic mass is 16.5. The highest BCUT2D eigenvalue weighted by Crippen LogP contribution is 2.13. The van der Waals surface area contributed by atoms with Crippen molar-refractivity contribution in [3.8, 4) is 0 Å². The van der Waals surface area contributed by atoms with Gasteiger partial charge >= 0.3 is 0 Å². The number of carbonyl (C=O) groups excluding carboxylic acids is 1. The standard InChI is InChI=1S/C15H20N4O3/c1-9-8-15(21)18-13(17-9)6-7-16-14(20)5-4-12-10(2)19-22-11(12)3/h8H,4-7H2,1-3H3,(H,16,20)(H,17,18,21). The van der Waals surface area contributed by atoms with Crippen LogP contribution in [-0.4, -0.2) is 27.6 Å². The summed E-state index contributed by atoms with van der Waals surface area (Å²) in [5, 5.41) is 6.68. The minimum Gasteiger partial charge on any atom is -0.361 e. The molecule has 0 aromatic carbocycles. The maximum absolute atomic E-state index is 11.8. The average molecular weight is 304 g/mol. The van der Waals surface area contributed by atoms with Crippen LogP contribution in [0.25, 0.3) is 0 Å². The van der Waals surface area contributed by atoms with E-state index >= 15 is 0 Å². The topological polar surface area (TPSA) is 101 Å². The quantitative estimate of drug-likeness (QED) is 0.828. The van der Waals surface area contributed by atoms with E-state index in [1.165, 1.54) is 6.07 Å². The number of aromatic nitrogens is 3. The number of aromatic amines is 1. The maximum atomic E-state index is 11.8. The molecule has 7 nitrogen and oxygen atoms in total. The molecule has 0 bridgehead atoms. The van der Waals surface area contributed by atoms with E-state index in [9.17, 15) is 9.59 Å². The molecule has 0 fully saturated rings. The Labute approximate surface area is 128 Å². The van der Waals surface area contributed by atoms with Gasteiger partial charge in [-0.05, 0) is 27.2 Å². The van der Waals surface area contributed by atoms with Crippen LogP contribution in [0.5, 0.6) is 0 Å². The summed E-state index contributed by atoms with van der Waals surface area (Å²) in [5.41, 5.74) is 2.31. The molecular weight excluding hydrogens is 284 g/mol. The van der Waals surface area contributed by atoms with Gasteiger partial charge in [-0.3, -0.25) is 9.59 Å². The summed E-state index contributed by atoms with van der Waals surface area (Å²) < 4.78 is 5.07. The predicted octanol–water partition coefficient (Wildman–Crippen LogP) is 0.975. The molecule has 2 N–H and O–H groups in total. The van der Waals surface area contributed by atoms with Gasteiger partial charge in [0.25, 0.3) is 5.56 Å². The molecule has 0 aliphatic carbocycles. The highest BCUT2D eigenvalue weighted by Gasteiger charge is 2.11. The third kappa shape index (κ3) is 4.28. The van der Waals surface area contributed by atoms with Gasteiger partial charge in [-0.15, -0.1) is 0 Å². The summed E-state index contributed by atoms with van der Waals surface area (Å²) in [5.74, 6) is 1.29. The van der Waals surface area contributed by atoms with Crippen molar-refractivity contribution >= 4 is 5.91 Å². The Morgan fingerprint density at radius 1 is 1.32 bits per heavy atom. The molecule has 0 saturated carbocycles. The number of H-pyrrole nitrogens is 1. The monoisotopic (exact) mass is 304 g/mol. The first-order chi connectivity index (χ1) is 10.5. The fourth-order valence-electron chi connectivity index (χ4n) is 2.27. The zero-order chi connectivity index (χ0) is 16.1. The number of rotatable bonds is 6. The van der Waals surface area contributed by atoms with Crippen LogP contribution in [0.15, 0.2) is 15.4 Å². The molecule has 2 aromatic rings. The first-order valence-corrected chi connectivity index (χ1v) is 7.21. The van der Waals surface area contributed by atoms with Gasteiger partial charge in [-0.1, -0.05) is 5.16 Å².